The lowest BCUT2D eigenvalue weighted by Crippen LogP contribution is -2.28. The van der Waals surface area contributed by atoms with Gasteiger partial charge in [-0.25, -0.2) is 9.82 Å². The normalized spacial score (nSPS) is 12.4. The van der Waals surface area contributed by atoms with Crippen molar-refractivity contribution in [2.24, 2.45) is 5.84 Å². The third-order valence-electron chi connectivity index (χ3n) is 2.60. The zero-order valence-corrected chi connectivity index (χ0v) is 9.10. The number of hydrogen-bond donors (Lipinski definition) is 3. The van der Waals surface area contributed by atoms with E-state index in [9.17, 15) is 9.50 Å². The van der Waals surface area contributed by atoms with E-state index in [0.717, 1.165) is 11.1 Å². The smallest absolute Gasteiger partial charge is 0.123 e. The van der Waals surface area contributed by atoms with Crippen LogP contribution in [0.25, 0.3) is 0 Å². The molecule has 4 heteroatoms. The van der Waals surface area contributed by atoms with Crippen LogP contribution in [0.3, 0.4) is 0 Å². The third kappa shape index (κ3) is 2.61. The summed E-state index contributed by atoms with van der Waals surface area (Å²) in [4.78, 5) is 0. The summed E-state index contributed by atoms with van der Waals surface area (Å²) in [5.41, 5.74) is 4.43. The van der Waals surface area contributed by atoms with E-state index >= 15 is 0 Å². The highest BCUT2D eigenvalue weighted by molar-refractivity contribution is 5.34. The van der Waals surface area contributed by atoms with Crippen molar-refractivity contribution >= 4 is 0 Å². The molecule has 2 rings (SSSR count). The van der Waals surface area contributed by atoms with Gasteiger partial charge in [-0.05, 0) is 35.4 Å². The number of phenolic OH excluding ortho intramolecular Hbond substituents is 1. The number of rotatable bonds is 3. The van der Waals surface area contributed by atoms with Crippen LogP contribution in [0.4, 0.5) is 4.39 Å². The summed E-state index contributed by atoms with van der Waals surface area (Å²) in [6.07, 6.45) is 0. The molecule has 3 nitrogen and oxygen atoms in total. The van der Waals surface area contributed by atoms with Crippen molar-refractivity contribution < 1.29 is 9.50 Å². The molecule has 0 spiro atoms. The van der Waals surface area contributed by atoms with Gasteiger partial charge in [-0.1, -0.05) is 24.3 Å². The highest BCUT2D eigenvalue weighted by Gasteiger charge is 2.11. The van der Waals surface area contributed by atoms with E-state index in [2.05, 4.69) is 5.43 Å². The van der Waals surface area contributed by atoms with Crippen LogP contribution in [0, 0.1) is 5.82 Å². The number of hydrazine groups is 1. The van der Waals surface area contributed by atoms with Crippen LogP contribution in [0.2, 0.25) is 0 Å². The first kappa shape index (κ1) is 11.6. The predicted molar refractivity (Wildman–Crippen MR) is 63.7 cm³/mol. The Kier molecular flexibility index (Phi) is 3.37. The molecule has 0 aliphatic heterocycles. The largest absolute Gasteiger partial charge is 0.508 e. The molecule has 4 N–H and O–H groups in total. The maximum atomic E-state index is 12.8. The van der Waals surface area contributed by atoms with Crippen LogP contribution in [-0.4, -0.2) is 5.11 Å². The van der Waals surface area contributed by atoms with Crippen LogP contribution in [0.1, 0.15) is 17.2 Å². The maximum absolute atomic E-state index is 12.8. The summed E-state index contributed by atoms with van der Waals surface area (Å²) in [7, 11) is 0. The number of hydrogen-bond acceptors (Lipinski definition) is 3. The monoisotopic (exact) mass is 232 g/mol. The van der Waals surface area contributed by atoms with Crippen LogP contribution < -0.4 is 11.3 Å². The van der Waals surface area contributed by atoms with Gasteiger partial charge in [0.1, 0.15) is 11.6 Å². The summed E-state index contributed by atoms with van der Waals surface area (Å²) in [6.45, 7) is 0. The standard InChI is InChI=1S/C13H13FN2O/c14-11-5-1-9(2-6-11)13(16-15)10-3-7-12(17)8-4-10/h1-8,13,16-17H,15H2. The minimum absolute atomic E-state index is 0.198. The Morgan fingerprint density at radius 1 is 0.941 bits per heavy atom. The van der Waals surface area contributed by atoms with E-state index < -0.39 is 0 Å². The second-order valence-corrected chi connectivity index (χ2v) is 3.74. The molecule has 2 aromatic carbocycles. The number of nitrogens with one attached hydrogen (secondary N) is 1. The van der Waals surface area contributed by atoms with Gasteiger partial charge in [-0.2, -0.15) is 0 Å². The number of nitrogens with two attached hydrogens (primary N) is 1. The molecule has 17 heavy (non-hydrogen) atoms. The second kappa shape index (κ2) is 4.95. The summed E-state index contributed by atoms with van der Waals surface area (Å²) in [5, 5.41) is 9.22. The Morgan fingerprint density at radius 2 is 1.41 bits per heavy atom. The van der Waals surface area contributed by atoms with E-state index in [1.165, 1.54) is 12.1 Å². The lowest BCUT2D eigenvalue weighted by atomic mass is 9.99. The van der Waals surface area contributed by atoms with Crippen LogP contribution in [-0.2, 0) is 0 Å². The first-order valence-electron chi connectivity index (χ1n) is 5.21. The highest BCUT2D eigenvalue weighted by Crippen LogP contribution is 2.23. The Morgan fingerprint density at radius 3 is 1.88 bits per heavy atom. The molecule has 0 saturated carbocycles. The molecule has 0 aliphatic rings. The molecule has 0 aliphatic carbocycles. The number of halogens is 1. The minimum Gasteiger partial charge on any atom is -0.508 e. The molecule has 0 bridgehead atoms. The van der Waals surface area contributed by atoms with Crippen molar-refractivity contribution in [3.63, 3.8) is 0 Å². The fraction of sp³-hybridized carbons (Fsp3) is 0.0769. The fourth-order valence-electron chi connectivity index (χ4n) is 1.71. The van der Waals surface area contributed by atoms with E-state index in [-0.39, 0.29) is 17.6 Å². The zero-order valence-electron chi connectivity index (χ0n) is 9.10. The van der Waals surface area contributed by atoms with Gasteiger partial charge in [0.05, 0.1) is 6.04 Å². The first-order valence-corrected chi connectivity index (χ1v) is 5.21. The third-order valence-corrected chi connectivity index (χ3v) is 2.60. The van der Waals surface area contributed by atoms with Crippen LogP contribution in [0.5, 0.6) is 5.75 Å². The number of phenols is 1. The van der Waals surface area contributed by atoms with Crippen molar-refractivity contribution in [1.29, 1.82) is 0 Å². The van der Waals surface area contributed by atoms with Gasteiger partial charge < -0.3 is 5.11 Å². The summed E-state index contributed by atoms with van der Waals surface area (Å²) in [5.74, 6) is 5.42. The van der Waals surface area contributed by atoms with Crippen LogP contribution >= 0.6 is 0 Å². The van der Waals surface area contributed by atoms with E-state index in [1.54, 1.807) is 36.4 Å². The molecular weight excluding hydrogens is 219 g/mol. The number of aromatic hydroxyl groups is 1. The molecule has 88 valence electrons. The molecular formula is C13H13FN2O. The topological polar surface area (TPSA) is 58.3 Å². The van der Waals surface area contributed by atoms with Gasteiger partial charge in [0.25, 0.3) is 0 Å². The predicted octanol–water partition coefficient (Wildman–Crippen LogP) is 2.08. The van der Waals surface area contributed by atoms with Crippen molar-refractivity contribution in [3.05, 3.63) is 65.5 Å². The molecule has 1 unspecified atom stereocenters. The zero-order chi connectivity index (χ0) is 12.3. The summed E-state index contributed by atoms with van der Waals surface area (Å²) in [6, 6.07) is 12.6. The van der Waals surface area contributed by atoms with Gasteiger partial charge in [0.15, 0.2) is 0 Å². The molecule has 0 heterocycles. The molecule has 2 aromatic rings. The quantitative estimate of drug-likeness (QED) is 0.561. The maximum Gasteiger partial charge on any atom is 0.123 e. The Labute approximate surface area is 98.7 Å². The molecule has 0 saturated heterocycles. The molecule has 1 atom stereocenters. The molecule has 0 fully saturated rings. The molecule has 0 aromatic heterocycles. The van der Waals surface area contributed by atoms with Gasteiger partial charge in [0, 0.05) is 0 Å². The lowest BCUT2D eigenvalue weighted by molar-refractivity contribution is 0.474. The number of benzene rings is 2. The van der Waals surface area contributed by atoms with E-state index in [4.69, 9.17) is 5.84 Å². The van der Waals surface area contributed by atoms with E-state index in [0.29, 0.717) is 0 Å². The van der Waals surface area contributed by atoms with Crippen molar-refractivity contribution in [2.75, 3.05) is 0 Å². The SMILES string of the molecule is NNC(c1ccc(O)cc1)c1ccc(F)cc1. The molecule has 0 radical (unpaired) electrons. The van der Waals surface area contributed by atoms with Gasteiger partial charge >= 0.3 is 0 Å². The summed E-state index contributed by atoms with van der Waals surface area (Å²) >= 11 is 0. The fourth-order valence-corrected chi connectivity index (χ4v) is 1.71. The average molecular weight is 232 g/mol. The lowest BCUT2D eigenvalue weighted by Gasteiger charge is -2.16. The van der Waals surface area contributed by atoms with Crippen LogP contribution in [0.15, 0.2) is 48.5 Å². The highest BCUT2D eigenvalue weighted by atomic mass is 19.1. The Hall–Kier alpha value is -1.91. The van der Waals surface area contributed by atoms with Gasteiger partial charge in [-0.15, -0.1) is 0 Å². The Bertz CT molecular complexity index is 436. The minimum atomic E-state index is -0.282. The van der Waals surface area contributed by atoms with E-state index in [1.807, 2.05) is 0 Å². The Balaban J connectivity index is 2.33. The second-order valence-electron chi connectivity index (χ2n) is 3.74. The van der Waals surface area contributed by atoms with Gasteiger partial charge in [-0.3, -0.25) is 5.84 Å². The summed E-state index contributed by atoms with van der Waals surface area (Å²) < 4.78 is 12.8. The first-order chi connectivity index (χ1) is 8.20. The van der Waals surface area contributed by atoms with Crippen molar-refractivity contribution in [1.82, 2.24) is 5.43 Å². The van der Waals surface area contributed by atoms with Crippen molar-refractivity contribution in [3.8, 4) is 5.75 Å². The molecule has 0 amide bonds. The van der Waals surface area contributed by atoms with Crippen molar-refractivity contribution in [2.45, 2.75) is 6.04 Å². The average Bonchev–Trinajstić information content (AvgIpc) is 2.35. The van der Waals surface area contributed by atoms with Gasteiger partial charge in [0.2, 0.25) is 0 Å².